The van der Waals surface area contributed by atoms with E-state index in [0.717, 1.165) is 6.54 Å². The van der Waals surface area contributed by atoms with E-state index in [-0.39, 0.29) is 11.5 Å². The third kappa shape index (κ3) is 4.41. The van der Waals surface area contributed by atoms with Crippen molar-refractivity contribution in [3.8, 4) is 0 Å². The van der Waals surface area contributed by atoms with Gasteiger partial charge in [0.2, 0.25) is 0 Å². The van der Waals surface area contributed by atoms with Gasteiger partial charge in [-0.1, -0.05) is 44.2 Å². The smallest absolute Gasteiger partial charge is 0.0659 e. The minimum Gasteiger partial charge on any atom is -0.383 e. The molecule has 3 nitrogen and oxygen atoms in total. The number of hydrogen-bond acceptors (Lipinski definition) is 3. The van der Waals surface area contributed by atoms with Crippen molar-refractivity contribution in [3.63, 3.8) is 0 Å². The number of nitrogens with two attached hydrogens (primary N) is 1. The first-order chi connectivity index (χ1) is 8.50. The van der Waals surface area contributed by atoms with E-state index in [0.29, 0.717) is 13.2 Å². The fourth-order valence-corrected chi connectivity index (χ4v) is 2.16. The van der Waals surface area contributed by atoms with Crippen LogP contribution in [0.2, 0.25) is 0 Å². The van der Waals surface area contributed by atoms with E-state index < -0.39 is 0 Å². The summed E-state index contributed by atoms with van der Waals surface area (Å²) in [6.07, 6.45) is 0. The van der Waals surface area contributed by atoms with Gasteiger partial charge in [0.25, 0.3) is 0 Å². The quantitative estimate of drug-likeness (QED) is 0.807. The summed E-state index contributed by atoms with van der Waals surface area (Å²) in [4.78, 5) is 2.33. The molecule has 0 saturated carbocycles. The molecule has 0 aliphatic carbocycles. The van der Waals surface area contributed by atoms with E-state index in [1.54, 1.807) is 7.11 Å². The van der Waals surface area contributed by atoms with Crippen LogP contribution >= 0.6 is 0 Å². The molecule has 0 saturated heterocycles. The van der Waals surface area contributed by atoms with Gasteiger partial charge in [-0.25, -0.2) is 0 Å². The van der Waals surface area contributed by atoms with Crippen molar-refractivity contribution in [1.82, 2.24) is 4.90 Å². The van der Waals surface area contributed by atoms with E-state index in [2.05, 4.69) is 50.1 Å². The Morgan fingerprint density at radius 1 is 1.28 bits per heavy atom. The third-order valence-electron chi connectivity index (χ3n) is 3.27. The molecule has 0 heterocycles. The molecule has 2 N–H and O–H groups in total. The summed E-state index contributed by atoms with van der Waals surface area (Å²) in [6, 6.07) is 10.8. The van der Waals surface area contributed by atoms with Crippen LogP contribution in [0, 0.1) is 5.41 Å². The van der Waals surface area contributed by atoms with Gasteiger partial charge < -0.3 is 10.5 Å². The molecule has 3 heteroatoms. The van der Waals surface area contributed by atoms with Gasteiger partial charge in [-0.15, -0.1) is 0 Å². The minimum atomic E-state index is 0.121. The second kappa shape index (κ2) is 6.88. The average Bonchev–Trinajstić information content (AvgIpc) is 2.36. The van der Waals surface area contributed by atoms with E-state index in [1.165, 1.54) is 5.56 Å². The summed E-state index contributed by atoms with van der Waals surface area (Å²) in [7, 11) is 3.88. The zero-order valence-corrected chi connectivity index (χ0v) is 12.0. The van der Waals surface area contributed by atoms with E-state index >= 15 is 0 Å². The normalized spacial score (nSPS) is 13.9. The Kier molecular flexibility index (Phi) is 5.79. The molecular formula is C15H26N2O. The number of nitrogens with zero attached hydrogens (tertiary/aromatic N) is 1. The predicted octanol–water partition coefficient (Wildman–Crippen LogP) is 2.29. The van der Waals surface area contributed by atoms with Crippen LogP contribution in [0.4, 0.5) is 0 Å². The van der Waals surface area contributed by atoms with Gasteiger partial charge in [-0.2, -0.15) is 0 Å². The summed E-state index contributed by atoms with van der Waals surface area (Å²) < 4.78 is 5.35. The predicted molar refractivity (Wildman–Crippen MR) is 76.5 cm³/mol. The number of methoxy groups -OCH3 is 1. The van der Waals surface area contributed by atoms with Gasteiger partial charge >= 0.3 is 0 Å². The lowest BCUT2D eigenvalue weighted by molar-refractivity contribution is 0.0832. The van der Waals surface area contributed by atoms with Crippen LogP contribution in [0.3, 0.4) is 0 Å². The van der Waals surface area contributed by atoms with Gasteiger partial charge in [0.15, 0.2) is 0 Å². The second-order valence-electron chi connectivity index (χ2n) is 5.67. The molecule has 1 atom stereocenters. The molecule has 0 aromatic heterocycles. The Labute approximate surface area is 111 Å². The SMILES string of the molecule is COCC(c1ccccc1)N(C)CC(C)(C)CN. The van der Waals surface area contributed by atoms with Crippen LogP contribution in [-0.2, 0) is 4.74 Å². The van der Waals surface area contributed by atoms with Crippen molar-refractivity contribution in [2.45, 2.75) is 19.9 Å². The Hall–Kier alpha value is -0.900. The van der Waals surface area contributed by atoms with Gasteiger partial charge in [0.1, 0.15) is 0 Å². The van der Waals surface area contributed by atoms with Crippen molar-refractivity contribution < 1.29 is 4.74 Å². The molecule has 0 aliphatic rings. The second-order valence-corrected chi connectivity index (χ2v) is 5.67. The highest BCUT2D eigenvalue weighted by Crippen LogP contribution is 2.24. The molecule has 102 valence electrons. The number of benzene rings is 1. The van der Waals surface area contributed by atoms with Crippen molar-refractivity contribution in [2.24, 2.45) is 11.1 Å². The Morgan fingerprint density at radius 3 is 2.39 bits per heavy atom. The first-order valence-corrected chi connectivity index (χ1v) is 6.44. The number of rotatable bonds is 7. The fraction of sp³-hybridized carbons (Fsp3) is 0.600. The Morgan fingerprint density at radius 2 is 1.89 bits per heavy atom. The van der Waals surface area contributed by atoms with Crippen LogP contribution in [0.5, 0.6) is 0 Å². The molecule has 1 unspecified atom stereocenters. The summed E-state index contributed by atoms with van der Waals surface area (Å²) in [5, 5.41) is 0. The van der Waals surface area contributed by atoms with E-state index in [9.17, 15) is 0 Å². The van der Waals surface area contributed by atoms with Crippen LogP contribution in [0.25, 0.3) is 0 Å². The third-order valence-corrected chi connectivity index (χ3v) is 3.27. The molecule has 0 aliphatic heterocycles. The molecule has 1 rings (SSSR count). The summed E-state index contributed by atoms with van der Waals surface area (Å²) in [5.74, 6) is 0. The van der Waals surface area contributed by atoms with Gasteiger partial charge in [-0.05, 0) is 24.6 Å². The number of hydrogen-bond donors (Lipinski definition) is 1. The standard InChI is InChI=1S/C15H26N2O/c1-15(2,11-16)12-17(3)14(10-18-4)13-8-6-5-7-9-13/h5-9,14H,10-12,16H2,1-4H3. The van der Waals surface area contributed by atoms with Crippen LogP contribution in [-0.4, -0.2) is 38.8 Å². The summed E-state index contributed by atoms with van der Waals surface area (Å²) in [5.41, 5.74) is 7.22. The topological polar surface area (TPSA) is 38.5 Å². The first kappa shape index (κ1) is 15.2. The van der Waals surface area contributed by atoms with E-state index in [4.69, 9.17) is 10.5 Å². The number of ether oxygens (including phenoxy) is 1. The lowest BCUT2D eigenvalue weighted by Crippen LogP contribution is -2.39. The van der Waals surface area contributed by atoms with Crippen molar-refractivity contribution >= 4 is 0 Å². The monoisotopic (exact) mass is 250 g/mol. The van der Waals surface area contributed by atoms with Gasteiger partial charge in [-0.3, -0.25) is 4.90 Å². The molecule has 18 heavy (non-hydrogen) atoms. The Bertz CT molecular complexity index is 338. The lowest BCUT2D eigenvalue weighted by Gasteiger charge is -2.34. The highest BCUT2D eigenvalue weighted by atomic mass is 16.5. The summed E-state index contributed by atoms with van der Waals surface area (Å²) in [6.45, 7) is 6.72. The lowest BCUT2D eigenvalue weighted by atomic mass is 9.92. The zero-order valence-electron chi connectivity index (χ0n) is 12.0. The largest absolute Gasteiger partial charge is 0.383 e. The molecular weight excluding hydrogens is 224 g/mol. The van der Waals surface area contributed by atoms with Gasteiger partial charge in [0.05, 0.1) is 12.6 Å². The molecule has 0 spiro atoms. The van der Waals surface area contributed by atoms with Crippen LogP contribution in [0.1, 0.15) is 25.5 Å². The van der Waals surface area contributed by atoms with E-state index in [1.807, 2.05) is 6.07 Å². The van der Waals surface area contributed by atoms with Crippen molar-refractivity contribution in [1.29, 1.82) is 0 Å². The molecule has 0 radical (unpaired) electrons. The fourth-order valence-electron chi connectivity index (χ4n) is 2.16. The van der Waals surface area contributed by atoms with Crippen LogP contribution in [0.15, 0.2) is 30.3 Å². The maximum absolute atomic E-state index is 5.81. The molecule has 0 amide bonds. The zero-order chi connectivity index (χ0) is 13.6. The van der Waals surface area contributed by atoms with Crippen molar-refractivity contribution in [2.75, 3.05) is 33.9 Å². The van der Waals surface area contributed by atoms with Crippen LogP contribution < -0.4 is 5.73 Å². The average molecular weight is 250 g/mol. The molecule has 0 bridgehead atoms. The highest BCUT2D eigenvalue weighted by Gasteiger charge is 2.24. The number of likely N-dealkylation sites (N-methyl/N-ethyl adjacent to an activating group) is 1. The maximum Gasteiger partial charge on any atom is 0.0659 e. The van der Waals surface area contributed by atoms with Gasteiger partial charge in [0, 0.05) is 13.7 Å². The highest BCUT2D eigenvalue weighted by molar-refractivity contribution is 5.19. The summed E-state index contributed by atoms with van der Waals surface area (Å²) >= 11 is 0. The minimum absolute atomic E-state index is 0.121. The van der Waals surface area contributed by atoms with Crippen molar-refractivity contribution in [3.05, 3.63) is 35.9 Å². The Balaban J connectivity index is 2.79. The molecule has 0 fully saturated rings. The molecule has 1 aromatic rings. The maximum atomic E-state index is 5.81. The first-order valence-electron chi connectivity index (χ1n) is 6.44. The molecule has 1 aromatic carbocycles.